The molecule has 1 unspecified atom stereocenters. The lowest BCUT2D eigenvalue weighted by Gasteiger charge is -2.47. The maximum absolute atomic E-state index is 4.93. The second-order valence-corrected chi connectivity index (χ2v) is 7.90. The maximum Gasteiger partial charge on any atom is 0.191 e. The summed E-state index contributed by atoms with van der Waals surface area (Å²) >= 11 is 0. The largest absolute Gasteiger partial charge is 0.357 e. The Morgan fingerprint density at radius 1 is 0.960 bits per heavy atom. The third-order valence-corrected chi connectivity index (χ3v) is 6.13. The van der Waals surface area contributed by atoms with Crippen LogP contribution in [0.1, 0.15) is 32.6 Å². The lowest BCUT2D eigenvalue weighted by atomic mass is 10.1. The molecule has 7 heteroatoms. The van der Waals surface area contributed by atoms with Gasteiger partial charge in [-0.2, -0.15) is 0 Å². The number of fused-ring (bicyclic) bond motifs is 3. The zero-order chi connectivity index (χ0) is 16.4. The van der Waals surface area contributed by atoms with E-state index in [-0.39, 0.29) is 24.0 Å². The molecule has 5 aliphatic rings. The number of piperidine rings is 1. The van der Waals surface area contributed by atoms with Crippen molar-refractivity contribution in [3.63, 3.8) is 0 Å². The van der Waals surface area contributed by atoms with Crippen molar-refractivity contribution >= 4 is 29.9 Å². The van der Waals surface area contributed by atoms with E-state index in [0.29, 0.717) is 12.1 Å². The molecule has 0 amide bonds. The topological polar surface area (TPSA) is 46.1 Å². The van der Waals surface area contributed by atoms with Gasteiger partial charge in [0.2, 0.25) is 0 Å². The van der Waals surface area contributed by atoms with E-state index in [1.54, 1.807) is 0 Å². The molecule has 1 saturated carbocycles. The summed E-state index contributed by atoms with van der Waals surface area (Å²) in [5, 5.41) is 7.15. The van der Waals surface area contributed by atoms with Crippen LogP contribution in [0.25, 0.3) is 0 Å². The van der Waals surface area contributed by atoms with Crippen LogP contribution in [0.2, 0.25) is 0 Å². The summed E-state index contributed by atoms with van der Waals surface area (Å²) in [6.45, 7) is 12.7. The standard InChI is InChI=1S/C18H34N6.HI/c1-2-19-18(20-13-17-14-22-9-11-24(17)12-10-22)21-15-5-7-23(8-6-15)16-3-4-16;/h15-17H,2-14H2,1H3,(H2,19,20,21);1H. The minimum absolute atomic E-state index is 0. The molecule has 4 saturated heterocycles. The highest BCUT2D eigenvalue weighted by Gasteiger charge is 2.33. The SMILES string of the molecule is CCNC(=NCC1CN2CCN1CC2)NC1CCN(C2CC2)CC1.I. The molecule has 1 atom stereocenters. The molecule has 144 valence electrons. The molecule has 4 aliphatic heterocycles. The summed E-state index contributed by atoms with van der Waals surface area (Å²) < 4.78 is 0. The predicted octanol–water partition coefficient (Wildman–Crippen LogP) is 0.786. The first kappa shape index (κ1) is 19.6. The molecule has 6 nitrogen and oxygen atoms in total. The first-order valence-corrected chi connectivity index (χ1v) is 10.1. The average Bonchev–Trinajstić information content (AvgIpc) is 3.47. The monoisotopic (exact) mass is 462 g/mol. The molecule has 5 fully saturated rings. The number of guanidine groups is 1. The van der Waals surface area contributed by atoms with Crippen molar-refractivity contribution in [2.45, 2.75) is 50.7 Å². The highest BCUT2D eigenvalue weighted by atomic mass is 127. The van der Waals surface area contributed by atoms with Crippen LogP contribution < -0.4 is 10.6 Å². The van der Waals surface area contributed by atoms with Crippen molar-refractivity contribution in [3.8, 4) is 0 Å². The molecule has 2 bridgehead atoms. The van der Waals surface area contributed by atoms with Crippen LogP contribution in [-0.2, 0) is 0 Å². The Morgan fingerprint density at radius 2 is 1.68 bits per heavy atom. The number of likely N-dealkylation sites (tertiary alicyclic amines) is 1. The number of rotatable bonds is 5. The van der Waals surface area contributed by atoms with Crippen LogP contribution in [0.5, 0.6) is 0 Å². The molecule has 2 N–H and O–H groups in total. The lowest BCUT2D eigenvalue weighted by Crippen LogP contribution is -2.62. The Kier molecular flexibility index (Phi) is 7.22. The van der Waals surface area contributed by atoms with Crippen LogP contribution in [0.15, 0.2) is 4.99 Å². The molecule has 0 aromatic rings. The van der Waals surface area contributed by atoms with E-state index in [0.717, 1.165) is 25.1 Å². The van der Waals surface area contributed by atoms with Crippen molar-refractivity contribution in [1.29, 1.82) is 0 Å². The minimum atomic E-state index is 0. The van der Waals surface area contributed by atoms with Crippen LogP contribution in [0, 0.1) is 0 Å². The molecular weight excluding hydrogens is 427 g/mol. The maximum atomic E-state index is 4.93. The van der Waals surface area contributed by atoms with Crippen LogP contribution in [-0.4, -0.2) is 97.7 Å². The summed E-state index contributed by atoms with van der Waals surface area (Å²) in [4.78, 5) is 12.8. The van der Waals surface area contributed by atoms with Gasteiger partial charge >= 0.3 is 0 Å². The number of hydrogen-bond donors (Lipinski definition) is 2. The van der Waals surface area contributed by atoms with Crippen molar-refractivity contribution in [1.82, 2.24) is 25.3 Å². The number of nitrogens with one attached hydrogen (secondary N) is 2. The summed E-state index contributed by atoms with van der Waals surface area (Å²) in [5.74, 6) is 1.03. The fraction of sp³-hybridized carbons (Fsp3) is 0.944. The van der Waals surface area contributed by atoms with Gasteiger partial charge in [0.1, 0.15) is 0 Å². The fourth-order valence-corrected chi connectivity index (χ4v) is 4.46. The Bertz CT molecular complexity index is 439. The van der Waals surface area contributed by atoms with Gasteiger partial charge in [0.05, 0.1) is 6.54 Å². The Balaban J connectivity index is 0.00000182. The number of nitrogens with zero attached hydrogens (tertiary/aromatic N) is 4. The minimum Gasteiger partial charge on any atom is -0.357 e. The van der Waals surface area contributed by atoms with E-state index in [1.807, 2.05) is 0 Å². The molecule has 0 aromatic carbocycles. The quantitative estimate of drug-likeness (QED) is 0.360. The van der Waals surface area contributed by atoms with Crippen molar-refractivity contribution < 1.29 is 0 Å². The van der Waals surface area contributed by atoms with Gasteiger partial charge < -0.3 is 15.5 Å². The Morgan fingerprint density at radius 3 is 2.24 bits per heavy atom. The Hall–Kier alpha value is -0.120. The molecule has 5 rings (SSSR count). The zero-order valence-corrected chi connectivity index (χ0v) is 18.0. The predicted molar refractivity (Wildman–Crippen MR) is 114 cm³/mol. The van der Waals surface area contributed by atoms with Gasteiger partial charge in [-0.05, 0) is 32.6 Å². The van der Waals surface area contributed by atoms with E-state index in [9.17, 15) is 0 Å². The first-order valence-electron chi connectivity index (χ1n) is 10.1. The molecule has 0 radical (unpaired) electrons. The first-order chi connectivity index (χ1) is 11.8. The van der Waals surface area contributed by atoms with Gasteiger partial charge in [0, 0.05) is 70.5 Å². The molecule has 4 heterocycles. The van der Waals surface area contributed by atoms with E-state index in [2.05, 4.69) is 32.3 Å². The van der Waals surface area contributed by atoms with Gasteiger partial charge in [0.15, 0.2) is 5.96 Å². The molecule has 0 spiro atoms. The van der Waals surface area contributed by atoms with E-state index < -0.39 is 0 Å². The summed E-state index contributed by atoms with van der Waals surface area (Å²) in [5.41, 5.74) is 0. The highest BCUT2D eigenvalue weighted by molar-refractivity contribution is 14.0. The van der Waals surface area contributed by atoms with E-state index >= 15 is 0 Å². The third-order valence-electron chi connectivity index (χ3n) is 6.13. The normalized spacial score (nSPS) is 33.8. The third kappa shape index (κ3) is 5.20. The zero-order valence-electron chi connectivity index (χ0n) is 15.6. The van der Waals surface area contributed by atoms with Crippen LogP contribution in [0.4, 0.5) is 0 Å². The van der Waals surface area contributed by atoms with Gasteiger partial charge in [-0.15, -0.1) is 24.0 Å². The molecule has 1 aliphatic carbocycles. The van der Waals surface area contributed by atoms with Gasteiger partial charge in [-0.25, -0.2) is 0 Å². The number of aliphatic imine (C=N–C) groups is 1. The Labute approximate surface area is 169 Å². The van der Waals surface area contributed by atoms with E-state index in [1.165, 1.54) is 71.5 Å². The van der Waals surface area contributed by atoms with Gasteiger partial charge in [-0.1, -0.05) is 0 Å². The second-order valence-electron chi connectivity index (χ2n) is 7.90. The van der Waals surface area contributed by atoms with Crippen molar-refractivity contribution in [2.24, 2.45) is 4.99 Å². The molecule has 0 aromatic heterocycles. The number of hydrogen-bond acceptors (Lipinski definition) is 4. The molecule has 25 heavy (non-hydrogen) atoms. The van der Waals surface area contributed by atoms with Crippen LogP contribution >= 0.6 is 24.0 Å². The lowest BCUT2D eigenvalue weighted by molar-refractivity contribution is 0.0174. The van der Waals surface area contributed by atoms with Gasteiger partial charge in [0.25, 0.3) is 0 Å². The smallest absolute Gasteiger partial charge is 0.191 e. The van der Waals surface area contributed by atoms with Crippen LogP contribution in [0.3, 0.4) is 0 Å². The number of piperazine rings is 3. The highest BCUT2D eigenvalue weighted by Crippen LogP contribution is 2.29. The van der Waals surface area contributed by atoms with Crippen molar-refractivity contribution in [3.05, 3.63) is 0 Å². The fourth-order valence-electron chi connectivity index (χ4n) is 4.46. The average molecular weight is 462 g/mol. The van der Waals surface area contributed by atoms with E-state index in [4.69, 9.17) is 4.99 Å². The molecular formula is C18H35IN6. The number of halogens is 1. The summed E-state index contributed by atoms with van der Waals surface area (Å²) in [6.07, 6.45) is 5.36. The van der Waals surface area contributed by atoms with Crippen molar-refractivity contribution in [2.75, 3.05) is 58.9 Å². The summed E-state index contributed by atoms with van der Waals surface area (Å²) in [6, 6.07) is 2.11. The second kappa shape index (κ2) is 9.19. The summed E-state index contributed by atoms with van der Waals surface area (Å²) in [7, 11) is 0. The van der Waals surface area contributed by atoms with Gasteiger partial charge in [-0.3, -0.25) is 14.8 Å².